The second-order valence-electron chi connectivity index (χ2n) is 3.61. The zero-order chi connectivity index (χ0) is 10.5. The van der Waals surface area contributed by atoms with Gasteiger partial charge in [0.2, 0.25) is 5.91 Å². The second kappa shape index (κ2) is 5.19. The van der Waals surface area contributed by atoms with Gasteiger partial charge in [0.25, 0.3) is 0 Å². The number of nitrogens with one attached hydrogen (secondary N) is 1. The molecule has 4 nitrogen and oxygen atoms in total. The predicted octanol–water partition coefficient (Wildman–Crippen LogP) is -0.175. The number of rotatable bonds is 5. The first kappa shape index (κ1) is 12.4. The van der Waals surface area contributed by atoms with E-state index in [1.54, 1.807) is 7.05 Å². The van der Waals surface area contributed by atoms with E-state index in [0.717, 1.165) is 6.54 Å². The van der Waals surface area contributed by atoms with Crippen molar-refractivity contribution in [1.82, 2.24) is 10.2 Å². The van der Waals surface area contributed by atoms with E-state index in [2.05, 4.69) is 5.32 Å². The van der Waals surface area contributed by atoms with Gasteiger partial charge >= 0.3 is 0 Å². The Labute approximate surface area is 79.9 Å². The third-order valence-corrected chi connectivity index (χ3v) is 1.94. The molecule has 0 unspecified atom stereocenters. The van der Waals surface area contributed by atoms with E-state index in [1.165, 1.54) is 4.90 Å². The van der Waals surface area contributed by atoms with Crippen molar-refractivity contribution < 1.29 is 9.90 Å². The van der Waals surface area contributed by atoms with Crippen LogP contribution in [0.5, 0.6) is 0 Å². The number of amides is 1. The fraction of sp³-hybridized carbons (Fsp3) is 0.889. The first-order valence-electron chi connectivity index (χ1n) is 4.57. The van der Waals surface area contributed by atoms with Crippen LogP contribution in [0.4, 0.5) is 0 Å². The maximum Gasteiger partial charge on any atom is 0.242 e. The van der Waals surface area contributed by atoms with Crippen molar-refractivity contribution in [3.8, 4) is 0 Å². The lowest BCUT2D eigenvalue weighted by Crippen LogP contribution is -2.53. The minimum absolute atomic E-state index is 0.00315. The minimum atomic E-state index is -0.543. The summed E-state index contributed by atoms with van der Waals surface area (Å²) in [4.78, 5) is 13.2. The van der Waals surface area contributed by atoms with Crippen molar-refractivity contribution >= 4 is 5.91 Å². The first-order chi connectivity index (χ1) is 5.95. The van der Waals surface area contributed by atoms with Gasteiger partial charge in [0.15, 0.2) is 0 Å². The van der Waals surface area contributed by atoms with Crippen molar-refractivity contribution in [2.75, 3.05) is 26.7 Å². The number of hydrogen-bond donors (Lipinski definition) is 2. The van der Waals surface area contributed by atoms with Gasteiger partial charge < -0.3 is 15.3 Å². The standard InChI is InChI=1S/C9H20N2O2/c1-5-10-9(2,3)8(13)11(4)6-7-12/h10,12H,5-7H2,1-4H3. The molecule has 0 aliphatic heterocycles. The fourth-order valence-corrected chi connectivity index (χ4v) is 1.25. The maximum atomic E-state index is 11.7. The highest BCUT2D eigenvalue weighted by atomic mass is 16.3. The number of hydrogen-bond acceptors (Lipinski definition) is 3. The van der Waals surface area contributed by atoms with Crippen molar-refractivity contribution in [3.05, 3.63) is 0 Å². The van der Waals surface area contributed by atoms with Crippen molar-refractivity contribution in [1.29, 1.82) is 0 Å². The second-order valence-corrected chi connectivity index (χ2v) is 3.61. The van der Waals surface area contributed by atoms with Crippen LogP contribution in [0, 0.1) is 0 Å². The topological polar surface area (TPSA) is 52.6 Å². The first-order valence-corrected chi connectivity index (χ1v) is 4.57. The molecule has 0 saturated carbocycles. The van der Waals surface area contributed by atoms with Crippen LogP contribution in [0.2, 0.25) is 0 Å². The van der Waals surface area contributed by atoms with E-state index in [9.17, 15) is 4.79 Å². The molecule has 0 atom stereocenters. The summed E-state index contributed by atoms with van der Waals surface area (Å²) in [6, 6.07) is 0. The van der Waals surface area contributed by atoms with Crippen LogP contribution in [0.3, 0.4) is 0 Å². The molecule has 0 fully saturated rings. The highest BCUT2D eigenvalue weighted by molar-refractivity contribution is 5.85. The number of aliphatic hydroxyl groups excluding tert-OH is 1. The summed E-state index contributed by atoms with van der Waals surface area (Å²) >= 11 is 0. The van der Waals surface area contributed by atoms with Crippen molar-refractivity contribution in [2.45, 2.75) is 26.3 Å². The average molecular weight is 188 g/mol. The molecule has 78 valence electrons. The number of nitrogens with zero attached hydrogens (tertiary/aromatic N) is 1. The SMILES string of the molecule is CCNC(C)(C)C(=O)N(C)CCO. The van der Waals surface area contributed by atoms with Gasteiger partial charge in [-0.1, -0.05) is 6.92 Å². The van der Waals surface area contributed by atoms with E-state index < -0.39 is 5.54 Å². The van der Waals surface area contributed by atoms with E-state index in [1.807, 2.05) is 20.8 Å². The molecule has 0 saturated heterocycles. The van der Waals surface area contributed by atoms with Crippen LogP contribution in [0.1, 0.15) is 20.8 Å². The summed E-state index contributed by atoms with van der Waals surface area (Å²) in [5.74, 6) is 0.00315. The summed E-state index contributed by atoms with van der Waals surface area (Å²) in [6.07, 6.45) is 0. The van der Waals surface area contributed by atoms with Gasteiger partial charge in [-0.25, -0.2) is 0 Å². The Morgan fingerprint density at radius 3 is 2.46 bits per heavy atom. The normalized spacial score (nSPS) is 11.5. The average Bonchev–Trinajstić information content (AvgIpc) is 2.03. The molecule has 2 N–H and O–H groups in total. The summed E-state index contributed by atoms with van der Waals surface area (Å²) in [5.41, 5.74) is -0.543. The highest BCUT2D eigenvalue weighted by Gasteiger charge is 2.28. The van der Waals surface area contributed by atoms with Gasteiger partial charge in [-0.15, -0.1) is 0 Å². The highest BCUT2D eigenvalue weighted by Crippen LogP contribution is 2.05. The summed E-state index contributed by atoms with van der Waals surface area (Å²) < 4.78 is 0. The molecule has 4 heteroatoms. The molecule has 0 heterocycles. The van der Waals surface area contributed by atoms with Crippen LogP contribution < -0.4 is 5.32 Å². The van der Waals surface area contributed by atoms with Crippen LogP contribution in [0.25, 0.3) is 0 Å². The number of carbonyl (C=O) groups is 1. The molecule has 0 aromatic rings. The lowest BCUT2D eigenvalue weighted by Gasteiger charge is -2.29. The molecule has 0 spiro atoms. The Balaban J connectivity index is 4.21. The van der Waals surface area contributed by atoms with Gasteiger partial charge in [0.1, 0.15) is 0 Å². The molecular weight excluding hydrogens is 168 g/mol. The van der Waals surface area contributed by atoms with Gasteiger partial charge in [-0.05, 0) is 20.4 Å². The minimum Gasteiger partial charge on any atom is -0.395 e. The molecule has 0 aromatic heterocycles. The third-order valence-electron chi connectivity index (χ3n) is 1.94. The zero-order valence-corrected chi connectivity index (χ0v) is 8.92. The fourth-order valence-electron chi connectivity index (χ4n) is 1.25. The van der Waals surface area contributed by atoms with E-state index in [0.29, 0.717) is 6.54 Å². The maximum absolute atomic E-state index is 11.7. The number of likely N-dealkylation sites (N-methyl/N-ethyl adjacent to an activating group) is 2. The molecule has 0 aliphatic carbocycles. The van der Waals surface area contributed by atoms with Gasteiger partial charge in [-0.3, -0.25) is 4.79 Å². The van der Waals surface area contributed by atoms with E-state index in [-0.39, 0.29) is 12.5 Å². The number of carbonyl (C=O) groups excluding carboxylic acids is 1. The van der Waals surface area contributed by atoms with Gasteiger partial charge in [-0.2, -0.15) is 0 Å². The van der Waals surface area contributed by atoms with E-state index in [4.69, 9.17) is 5.11 Å². The monoisotopic (exact) mass is 188 g/mol. The quantitative estimate of drug-likeness (QED) is 0.629. The lowest BCUT2D eigenvalue weighted by atomic mass is 10.0. The number of aliphatic hydroxyl groups is 1. The van der Waals surface area contributed by atoms with Crippen LogP contribution in [-0.2, 0) is 4.79 Å². The Hall–Kier alpha value is -0.610. The van der Waals surface area contributed by atoms with E-state index >= 15 is 0 Å². The molecule has 0 aliphatic rings. The Kier molecular flexibility index (Phi) is 4.95. The van der Waals surface area contributed by atoms with Crippen molar-refractivity contribution in [3.63, 3.8) is 0 Å². The Morgan fingerprint density at radius 2 is 2.08 bits per heavy atom. The predicted molar refractivity (Wildman–Crippen MR) is 52.5 cm³/mol. The molecule has 0 aromatic carbocycles. The van der Waals surface area contributed by atoms with Crippen LogP contribution in [0.15, 0.2) is 0 Å². The summed E-state index contributed by atoms with van der Waals surface area (Å²) in [7, 11) is 1.69. The third kappa shape index (κ3) is 3.74. The molecule has 0 radical (unpaired) electrons. The Morgan fingerprint density at radius 1 is 1.54 bits per heavy atom. The largest absolute Gasteiger partial charge is 0.395 e. The molecular formula is C9H20N2O2. The van der Waals surface area contributed by atoms with Crippen LogP contribution >= 0.6 is 0 Å². The molecule has 0 rings (SSSR count). The summed E-state index contributed by atoms with van der Waals surface area (Å²) in [6.45, 7) is 6.78. The lowest BCUT2D eigenvalue weighted by molar-refractivity contribution is -0.136. The van der Waals surface area contributed by atoms with Crippen molar-refractivity contribution in [2.24, 2.45) is 0 Å². The molecule has 0 bridgehead atoms. The van der Waals surface area contributed by atoms with Crippen LogP contribution in [-0.4, -0.2) is 48.2 Å². The molecule has 13 heavy (non-hydrogen) atoms. The molecule has 1 amide bonds. The van der Waals surface area contributed by atoms with Gasteiger partial charge in [0.05, 0.1) is 12.1 Å². The smallest absolute Gasteiger partial charge is 0.242 e. The van der Waals surface area contributed by atoms with Gasteiger partial charge in [0, 0.05) is 13.6 Å². The summed E-state index contributed by atoms with van der Waals surface area (Å²) in [5, 5.41) is 11.8. The Bertz CT molecular complexity index is 169. The zero-order valence-electron chi connectivity index (χ0n) is 8.92.